The Morgan fingerprint density at radius 1 is 1.14 bits per heavy atom. The highest BCUT2D eigenvalue weighted by Crippen LogP contribution is 2.27. The SMILES string of the molecule is CN(C)CCOCCOCCNC(=O)c1cc(COC(=O)I)ccc1OC1CC(O)CC(C(=O)O)O1. The fourth-order valence-electron chi connectivity index (χ4n) is 3.22. The van der Waals surface area contributed by atoms with Gasteiger partial charge in [0.15, 0.2) is 6.10 Å². The van der Waals surface area contributed by atoms with E-state index in [9.17, 15) is 24.6 Å². The van der Waals surface area contributed by atoms with Gasteiger partial charge in [-0.05, 0) is 31.8 Å². The van der Waals surface area contributed by atoms with E-state index in [1.54, 1.807) is 6.07 Å². The molecule has 0 bridgehead atoms. The number of halogens is 1. The maximum atomic E-state index is 12.9. The van der Waals surface area contributed by atoms with Crippen LogP contribution in [0.3, 0.4) is 0 Å². The standard InChI is InChI=1S/C23H33IN2O10/c1-26(2)6-8-33-10-9-32-7-5-25-21(28)17-11-15(14-34-23(24)31)3-4-18(17)35-20-13-16(27)12-19(36-20)22(29)30/h3-4,11,16,19-20,27H,5-10,12-14H2,1-2H3,(H,25,28)(H,29,30). The molecular weight excluding hydrogens is 591 g/mol. The summed E-state index contributed by atoms with van der Waals surface area (Å²) in [6.45, 7) is 2.71. The molecule has 3 atom stereocenters. The number of carboxylic acids is 1. The molecule has 3 unspecified atom stereocenters. The van der Waals surface area contributed by atoms with Crippen molar-refractivity contribution in [3.63, 3.8) is 0 Å². The monoisotopic (exact) mass is 624 g/mol. The molecule has 1 amide bonds. The van der Waals surface area contributed by atoms with E-state index in [1.165, 1.54) is 34.7 Å². The average molecular weight is 624 g/mol. The van der Waals surface area contributed by atoms with Crippen molar-refractivity contribution in [1.82, 2.24) is 10.2 Å². The van der Waals surface area contributed by atoms with Gasteiger partial charge in [-0.15, -0.1) is 0 Å². The van der Waals surface area contributed by atoms with Crippen LogP contribution in [0.25, 0.3) is 0 Å². The first-order chi connectivity index (χ1) is 17.2. The van der Waals surface area contributed by atoms with Crippen LogP contribution in [0, 0.1) is 0 Å². The highest BCUT2D eigenvalue weighted by Gasteiger charge is 2.34. The first-order valence-corrected chi connectivity index (χ1v) is 12.5. The molecule has 1 fully saturated rings. The van der Waals surface area contributed by atoms with Crippen molar-refractivity contribution in [3.05, 3.63) is 29.3 Å². The lowest BCUT2D eigenvalue weighted by Gasteiger charge is -2.31. The lowest BCUT2D eigenvalue weighted by Crippen LogP contribution is -2.42. The molecule has 13 heteroatoms. The number of benzene rings is 1. The molecule has 0 radical (unpaired) electrons. The van der Waals surface area contributed by atoms with E-state index in [4.69, 9.17) is 23.7 Å². The van der Waals surface area contributed by atoms with E-state index in [0.717, 1.165) is 6.54 Å². The van der Waals surface area contributed by atoms with Crippen LogP contribution < -0.4 is 10.1 Å². The molecule has 2 rings (SSSR count). The minimum Gasteiger partial charge on any atom is -0.479 e. The number of nitrogens with zero attached hydrogens (tertiary/aromatic N) is 1. The molecule has 1 saturated heterocycles. The number of aliphatic carboxylic acids is 1. The van der Waals surface area contributed by atoms with Gasteiger partial charge in [0, 0.05) is 25.9 Å². The van der Waals surface area contributed by atoms with Gasteiger partial charge in [-0.25, -0.2) is 9.59 Å². The Balaban J connectivity index is 1.95. The van der Waals surface area contributed by atoms with Crippen molar-refractivity contribution < 1.29 is 48.3 Å². The first-order valence-electron chi connectivity index (χ1n) is 11.4. The second kappa shape index (κ2) is 15.9. The Morgan fingerprint density at radius 2 is 1.86 bits per heavy atom. The van der Waals surface area contributed by atoms with Gasteiger partial charge in [-0.2, -0.15) is 0 Å². The van der Waals surface area contributed by atoms with Crippen molar-refractivity contribution >= 4 is 38.4 Å². The third kappa shape index (κ3) is 11.3. The number of aliphatic hydroxyl groups excluding tert-OH is 1. The van der Waals surface area contributed by atoms with E-state index in [1.807, 2.05) is 19.0 Å². The molecule has 12 nitrogen and oxygen atoms in total. The molecular formula is C23H33IN2O10. The molecule has 1 aromatic carbocycles. The molecule has 36 heavy (non-hydrogen) atoms. The number of carboxylic acid groups (broad SMARTS) is 1. The molecule has 1 aromatic rings. The van der Waals surface area contributed by atoms with Crippen LogP contribution in [-0.2, 0) is 30.3 Å². The summed E-state index contributed by atoms with van der Waals surface area (Å²) < 4.78 is 26.6. The first kappa shape index (κ1) is 30.2. The number of hydrogen-bond donors (Lipinski definition) is 3. The van der Waals surface area contributed by atoms with Crippen LogP contribution in [0.5, 0.6) is 5.75 Å². The van der Waals surface area contributed by atoms with Crippen LogP contribution in [0.1, 0.15) is 28.8 Å². The number of nitrogens with one attached hydrogen (secondary N) is 1. The summed E-state index contributed by atoms with van der Waals surface area (Å²) in [5.74, 6) is -1.54. The Morgan fingerprint density at radius 3 is 2.53 bits per heavy atom. The lowest BCUT2D eigenvalue weighted by molar-refractivity contribution is -0.195. The molecule has 0 spiro atoms. The van der Waals surface area contributed by atoms with Gasteiger partial charge in [0.25, 0.3) is 5.91 Å². The number of ether oxygens (including phenoxy) is 5. The molecule has 0 aliphatic carbocycles. The number of likely N-dealkylation sites (N-methyl/N-ethyl adjacent to an activating group) is 1. The van der Waals surface area contributed by atoms with Gasteiger partial charge in [0.05, 0.1) is 60.7 Å². The molecule has 0 aromatic heterocycles. The van der Waals surface area contributed by atoms with Crippen molar-refractivity contribution in [2.45, 2.75) is 37.9 Å². The van der Waals surface area contributed by atoms with Gasteiger partial charge in [0.2, 0.25) is 6.29 Å². The number of carbonyl (C=O) groups excluding carboxylic acids is 2. The van der Waals surface area contributed by atoms with Crippen molar-refractivity contribution in [2.24, 2.45) is 0 Å². The smallest absolute Gasteiger partial charge is 0.367 e. The normalized spacial score (nSPS) is 19.6. The Kier molecular flexibility index (Phi) is 13.4. The summed E-state index contributed by atoms with van der Waals surface area (Å²) in [5, 5.41) is 22.0. The zero-order valence-corrected chi connectivity index (χ0v) is 22.5. The lowest BCUT2D eigenvalue weighted by atomic mass is 10.0. The van der Waals surface area contributed by atoms with Crippen LogP contribution in [0.4, 0.5) is 4.79 Å². The van der Waals surface area contributed by atoms with Gasteiger partial charge >= 0.3 is 9.95 Å². The minimum atomic E-state index is -1.22. The van der Waals surface area contributed by atoms with Gasteiger partial charge in [-0.1, -0.05) is 6.07 Å². The largest absolute Gasteiger partial charge is 0.479 e. The van der Waals surface area contributed by atoms with E-state index < -0.39 is 34.4 Å². The third-order valence-electron chi connectivity index (χ3n) is 5.03. The van der Waals surface area contributed by atoms with Crippen LogP contribution in [0.15, 0.2) is 18.2 Å². The van der Waals surface area contributed by atoms with Gasteiger partial charge < -0.3 is 44.1 Å². The highest BCUT2D eigenvalue weighted by molar-refractivity contribution is 14.1. The average Bonchev–Trinajstić information content (AvgIpc) is 2.81. The molecule has 1 aliphatic rings. The topological polar surface area (TPSA) is 153 Å². The van der Waals surface area contributed by atoms with Crippen molar-refractivity contribution in [2.75, 3.05) is 53.6 Å². The fourth-order valence-corrected chi connectivity index (χ4v) is 3.38. The highest BCUT2D eigenvalue weighted by atomic mass is 127. The van der Waals surface area contributed by atoms with Crippen molar-refractivity contribution in [1.29, 1.82) is 0 Å². The van der Waals surface area contributed by atoms with E-state index in [-0.39, 0.29) is 43.9 Å². The summed E-state index contributed by atoms with van der Waals surface area (Å²) in [5.41, 5.74) is 0.691. The summed E-state index contributed by atoms with van der Waals surface area (Å²) >= 11 is 1.50. The van der Waals surface area contributed by atoms with E-state index >= 15 is 0 Å². The van der Waals surface area contributed by atoms with E-state index in [2.05, 4.69) is 5.32 Å². The number of aliphatic hydroxyl groups is 1. The Hall–Kier alpha value is -2.04. The number of carbonyl (C=O) groups is 3. The van der Waals surface area contributed by atoms with E-state index in [0.29, 0.717) is 25.4 Å². The summed E-state index contributed by atoms with van der Waals surface area (Å²) in [4.78, 5) is 37.4. The second-order valence-corrected chi connectivity index (χ2v) is 9.16. The predicted octanol–water partition coefficient (Wildman–Crippen LogP) is 1.41. The maximum Gasteiger partial charge on any atom is 0.367 e. The van der Waals surface area contributed by atoms with Crippen LogP contribution in [0.2, 0.25) is 0 Å². The Labute approximate surface area is 223 Å². The quantitative estimate of drug-likeness (QED) is 0.148. The fraction of sp³-hybridized carbons (Fsp3) is 0.609. The van der Waals surface area contributed by atoms with Crippen LogP contribution >= 0.6 is 22.6 Å². The number of amides is 1. The molecule has 1 aliphatic heterocycles. The van der Waals surface area contributed by atoms with Gasteiger partial charge in [0.1, 0.15) is 12.4 Å². The predicted molar refractivity (Wildman–Crippen MR) is 135 cm³/mol. The molecule has 0 saturated carbocycles. The zero-order valence-electron chi connectivity index (χ0n) is 20.3. The zero-order chi connectivity index (χ0) is 26.5. The summed E-state index contributed by atoms with van der Waals surface area (Å²) in [7, 11) is 3.92. The second-order valence-electron chi connectivity index (χ2n) is 8.28. The summed E-state index contributed by atoms with van der Waals surface area (Å²) in [6, 6.07) is 4.63. The minimum absolute atomic E-state index is 0.0427. The number of rotatable bonds is 15. The van der Waals surface area contributed by atoms with Gasteiger partial charge in [-0.3, -0.25) is 4.79 Å². The van der Waals surface area contributed by atoms with Crippen LogP contribution in [-0.4, -0.2) is 103 Å². The third-order valence-corrected chi connectivity index (χ3v) is 5.34. The summed E-state index contributed by atoms with van der Waals surface area (Å²) in [6.07, 6.45) is -3.21. The van der Waals surface area contributed by atoms with Crippen molar-refractivity contribution in [3.8, 4) is 5.75 Å². The molecule has 3 N–H and O–H groups in total. The molecule has 202 valence electrons. The molecule has 1 heterocycles. The Bertz CT molecular complexity index is 869. The maximum absolute atomic E-state index is 12.9. The number of hydrogen-bond acceptors (Lipinski definition) is 10.